The first-order chi connectivity index (χ1) is 9.16. The van der Waals surface area contributed by atoms with E-state index in [1.54, 1.807) is 6.07 Å². The summed E-state index contributed by atoms with van der Waals surface area (Å²) in [5.41, 5.74) is 1.61. The van der Waals surface area contributed by atoms with Gasteiger partial charge in [-0.2, -0.15) is 11.3 Å². The van der Waals surface area contributed by atoms with Gasteiger partial charge in [-0.15, -0.1) is 0 Å². The third kappa shape index (κ3) is 4.06. The number of amides is 1. The summed E-state index contributed by atoms with van der Waals surface area (Å²) < 4.78 is 0. The molecule has 5 heteroatoms. The van der Waals surface area contributed by atoms with Gasteiger partial charge in [0.1, 0.15) is 0 Å². The van der Waals surface area contributed by atoms with Crippen molar-refractivity contribution in [2.45, 2.75) is 12.5 Å². The molecule has 1 aromatic carbocycles. The predicted molar refractivity (Wildman–Crippen MR) is 77.4 cm³/mol. The molecule has 1 amide bonds. The molecule has 0 aliphatic heterocycles. The molecule has 0 aliphatic rings. The Labute approximate surface area is 120 Å². The SMILES string of the molecule is O=C(Cc1ccccc1Cl)NC[C@@H](O)c1ccsc1. The molecule has 1 atom stereocenters. The number of rotatable bonds is 5. The highest BCUT2D eigenvalue weighted by Gasteiger charge is 2.11. The Morgan fingerprint density at radius 3 is 2.84 bits per heavy atom. The highest BCUT2D eigenvalue weighted by atomic mass is 35.5. The molecule has 0 aliphatic carbocycles. The lowest BCUT2D eigenvalue weighted by Crippen LogP contribution is -2.29. The Bertz CT molecular complexity index is 542. The van der Waals surface area contributed by atoms with Crippen LogP contribution in [0.1, 0.15) is 17.2 Å². The van der Waals surface area contributed by atoms with Crippen LogP contribution in [0, 0.1) is 0 Å². The fourth-order valence-corrected chi connectivity index (χ4v) is 2.58. The molecule has 19 heavy (non-hydrogen) atoms. The van der Waals surface area contributed by atoms with Gasteiger partial charge < -0.3 is 10.4 Å². The van der Waals surface area contributed by atoms with Crippen LogP contribution in [0.4, 0.5) is 0 Å². The Morgan fingerprint density at radius 2 is 2.16 bits per heavy atom. The van der Waals surface area contributed by atoms with Gasteiger partial charge in [0.2, 0.25) is 5.91 Å². The number of carbonyl (C=O) groups is 1. The average molecular weight is 296 g/mol. The van der Waals surface area contributed by atoms with Crippen LogP contribution in [0.5, 0.6) is 0 Å². The maximum atomic E-state index is 11.8. The van der Waals surface area contributed by atoms with Gasteiger partial charge in [0.05, 0.1) is 12.5 Å². The minimum Gasteiger partial charge on any atom is -0.387 e. The summed E-state index contributed by atoms with van der Waals surface area (Å²) in [7, 11) is 0. The van der Waals surface area contributed by atoms with E-state index in [-0.39, 0.29) is 18.9 Å². The van der Waals surface area contributed by atoms with Crippen molar-refractivity contribution in [1.29, 1.82) is 0 Å². The second kappa shape index (κ2) is 6.70. The smallest absolute Gasteiger partial charge is 0.224 e. The summed E-state index contributed by atoms with van der Waals surface area (Å²) in [5.74, 6) is -0.151. The summed E-state index contributed by atoms with van der Waals surface area (Å²) in [6.45, 7) is 0.208. The Morgan fingerprint density at radius 1 is 1.37 bits per heavy atom. The Balaban J connectivity index is 1.84. The minimum absolute atomic E-state index is 0.151. The maximum absolute atomic E-state index is 11.8. The number of benzene rings is 1. The zero-order valence-corrected chi connectivity index (χ0v) is 11.7. The minimum atomic E-state index is -0.665. The van der Waals surface area contributed by atoms with E-state index in [1.165, 1.54) is 11.3 Å². The monoisotopic (exact) mass is 295 g/mol. The van der Waals surface area contributed by atoms with Gasteiger partial charge in [-0.3, -0.25) is 4.79 Å². The van der Waals surface area contributed by atoms with Crippen LogP contribution in [-0.4, -0.2) is 17.6 Å². The predicted octanol–water partition coefficient (Wildman–Crippen LogP) is 2.79. The second-order valence-electron chi connectivity index (χ2n) is 4.14. The zero-order chi connectivity index (χ0) is 13.7. The molecular weight excluding hydrogens is 282 g/mol. The fraction of sp³-hybridized carbons (Fsp3) is 0.214. The molecule has 0 bridgehead atoms. The van der Waals surface area contributed by atoms with Crippen LogP contribution in [0.25, 0.3) is 0 Å². The van der Waals surface area contributed by atoms with Gasteiger partial charge in [-0.05, 0) is 34.0 Å². The van der Waals surface area contributed by atoms with Gasteiger partial charge in [0.15, 0.2) is 0 Å². The first-order valence-corrected chi connectivity index (χ1v) is 7.19. The first kappa shape index (κ1) is 14.1. The lowest BCUT2D eigenvalue weighted by molar-refractivity contribution is -0.120. The summed E-state index contributed by atoms with van der Waals surface area (Å²) in [4.78, 5) is 11.8. The summed E-state index contributed by atoms with van der Waals surface area (Å²) in [5, 5.41) is 16.9. The van der Waals surface area contributed by atoms with Crippen LogP contribution in [0.2, 0.25) is 5.02 Å². The van der Waals surface area contributed by atoms with Crippen LogP contribution in [0.3, 0.4) is 0 Å². The zero-order valence-electron chi connectivity index (χ0n) is 10.2. The standard InChI is InChI=1S/C14H14ClNO2S/c15-12-4-2-1-3-10(12)7-14(18)16-8-13(17)11-5-6-19-9-11/h1-6,9,13,17H,7-8H2,(H,16,18)/t13-/m1/s1. The second-order valence-corrected chi connectivity index (χ2v) is 5.33. The van der Waals surface area contributed by atoms with Crippen LogP contribution < -0.4 is 5.32 Å². The normalized spacial score (nSPS) is 12.1. The molecule has 0 unspecified atom stereocenters. The number of thiophene rings is 1. The summed E-state index contributed by atoms with van der Waals surface area (Å²) >= 11 is 7.50. The molecule has 0 saturated carbocycles. The van der Waals surface area contributed by atoms with E-state index in [0.717, 1.165) is 11.1 Å². The highest BCUT2D eigenvalue weighted by Crippen LogP contribution is 2.16. The number of hydrogen-bond donors (Lipinski definition) is 2. The number of aliphatic hydroxyl groups excluding tert-OH is 1. The lowest BCUT2D eigenvalue weighted by atomic mass is 10.1. The molecule has 2 aromatic rings. The van der Waals surface area contributed by atoms with Gasteiger partial charge in [0.25, 0.3) is 0 Å². The van der Waals surface area contributed by atoms with Crippen LogP contribution in [0.15, 0.2) is 41.1 Å². The van der Waals surface area contributed by atoms with E-state index in [0.29, 0.717) is 5.02 Å². The van der Waals surface area contributed by atoms with Crippen molar-refractivity contribution in [3.05, 3.63) is 57.2 Å². The Hall–Kier alpha value is -1.36. The number of nitrogens with one attached hydrogen (secondary N) is 1. The summed E-state index contributed by atoms with van der Waals surface area (Å²) in [6, 6.07) is 9.08. The number of carbonyl (C=O) groups excluding carboxylic acids is 1. The quantitative estimate of drug-likeness (QED) is 0.891. The molecule has 100 valence electrons. The van der Waals surface area contributed by atoms with Crippen molar-refractivity contribution >= 4 is 28.8 Å². The summed E-state index contributed by atoms with van der Waals surface area (Å²) in [6.07, 6.45) is -0.447. The van der Waals surface area contributed by atoms with Crippen molar-refractivity contribution in [2.75, 3.05) is 6.54 Å². The highest BCUT2D eigenvalue weighted by molar-refractivity contribution is 7.07. The number of aliphatic hydroxyl groups is 1. The lowest BCUT2D eigenvalue weighted by Gasteiger charge is -2.11. The van der Waals surface area contributed by atoms with E-state index in [2.05, 4.69) is 5.32 Å². The van der Waals surface area contributed by atoms with Gasteiger partial charge in [-0.25, -0.2) is 0 Å². The molecular formula is C14H14ClNO2S. The van der Waals surface area contributed by atoms with Crippen LogP contribution >= 0.6 is 22.9 Å². The number of hydrogen-bond acceptors (Lipinski definition) is 3. The van der Waals surface area contributed by atoms with Crippen molar-refractivity contribution in [2.24, 2.45) is 0 Å². The van der Waals surface area contributed by atoms with Crippen LogP contribution in [-0.2, 0) is 11.2 Å². The van der Waals surface area contributed by atoms with Crippen molar-refractivity contribution < 1.29 is 9.90 Å². The molecule has 2 N–H and O–H groups in total. The third-order valence-electron chi connectivity index (χ3n) is 2.73. The van der Waals surface area contributed by atoms with Crippen molar-refractivity contribution in [3.63, 3.8) is 0 Å². The topological polar surface area (TPSA) is 49.3 Å². The third-order valence-corrected chi connectivity index (χ3v) is 3.80. The van der Waals surface area contributed by atoms with Gasteiger partial charge in [0, 0.05) is 11.6 Å². The first-order valence-electron chi connectivity index (χ1n) is 5.87. The molecule has 3 nitrogen and oxygen atoms in total. The molecule has 0 radical (unpaired) electrons. The molecule has 2 rings (SSSR count). The van der Waals surface area contributed by atoms with Crippen molar-refractivity contribution in [3.8, 4) is 0 Å². The van der Waals surface area contributed by atoms with E-state index < -0.39 is 6.10 Å². The van der Waals surface area contributed by atoms with Crippen molar-refractivity contribution in [1.82, 2.24) is 5.32 Å². The maximum Gasteiger partial charge on any atom is 0.224 e. The van der Waals surface area contributed by atoms with E-state index in [4.69, 9.17) is 11.6 Å². The molecule has 0 fully saturated rings. The largest absolute Gasteiger partial charge is 0.387 e. The average Bonchev–Trinajstić information content (AvgIpc) is 2.93. The van der Waals surface area contributed by atoms with E-state index in [9.17, 15) is 9.90 Å². The van der Waals surface area contributed by atoms with Gasteiger partial charge in [-0.1, -0.05) is 29.8 Å². The van der Waals surface area contributed by atoms with Gasteiger partial charge >= 0.3 is 0 Å². The molecule has 1 heterocycles. The fourth-order valence-electron chi connectivity index (χ4n) is 1.67. The molecule has 0 saturated heterocycles. The van der Waals surface area contributed by atoms with E-state index >= 15 is 0 Å². The molecule has 1 aromatic heterocycles. The molecule has 0 spiro atoms. The number of halogens is 1. The Kier molecular flexibility index (Phi) is 4.96. The van der Waals surface area contributed by atoms with E-state index in [1.807, 2.05) is 35.0 Å².